The van der Waals surface area contributed by atoms with Gasteiger partial charge in [0.25, 0.3) is 0 Å². The number of hydrogen-bond acceptors (Lipinski definition) is 3. The van der Waals surface area contributed by atoms with Crippen LogP contribution in [0.3, 0.4) is 0 Å². The Kier molecular flexibility index (Phi) is 4.37. The Morgan fingerprint density at radius 1 is 1.04 bits per heavy atom. The van der Waals surface area contributed by atoms with E-state index in [0.717, 1.165) is 22.0 Å². The molecule has 2 aromatic carbocycles. The lowest BCUT2D eigenvalue weighted by Gasteiger charge is -2.06. The summed E-state index contributed by atoms with van der Waals surface area (Å²) in [5.41, 5.74) is 2.72. The zero-order valence-electron chi connectivity index (χ0n) is 12.8. The average molecular weight is 343 g/mol. The van der Waals surface area contributed by atoms with E-state index in [1.165, 1.54) is 12.1 Å². The lowest BCUT2D eigenvalue weighted by atomic mass is 10.1. The SMILES string of the molecule is NS(=O)(=O)c1ccc(CNC(=O)Cc2ccc3cc[nH]c3c2)cc1. The monoisotopic (exact) mass is 343 g/mol. The van der Waals surface area contributed by atoms with Gasteiger partial charge >= 0.3 is 0 Å². The van der Waals surface area contributed by atoms with Crippen molar-refractivity contribution < 1.29 is 13.2 Å². The summed E-state index contributed by atoms with van der Waals surface area (Å²) in [6.45, 7) is 0.328. The molecule has 4 N–H and O–H groups in total. The van der Waals surface area contributed by atoms with Crippen molar-refractivity contribution in [2.24, 2.45) is 5.14 Å². The standard InChI is InChI=1S/C17H17N3O3S/c18-24(22,23)15-5-2-12(3-6-15)11-20-17(21)10-13-1-4-14-7-8-19-16(14)9-13/h1-9,19H,10-11H2,(H,20,21)(H2,18,22,23). The lowest BCUT2D eigenvalue weighted by Crippen LogP contribution is -2.24. The van der Waals surface area contributed by atoms with Crippen LogP contribution in [-0.2, 0) is 27.8 Å². The van der Waals surface area contributed by atoms with Crippen LogP contribution in [0.2, 0.25) is 0 Å². The minimum atomic E-state index is -3.70. The highest BCUT2D eigenvalue weighted by Crippen LogP contribution is 2.14. The Morgan fingerprint density at radius 2 is 1.75 bits per heavy atom. The number of rotatable bonds is 5. The second-order valence-corrected chi connectivity index (χ2v) is 7.10. The molecular formula is C17H17N3O3S. The third-order valence-corrected chi connectivity index (χ3v) is 4.65. The van der Waals surface area contributed by atoms with Crippen molar-refractivity contribution >= 4 is 26.8 Å². The van der Waals surface area contributed by atoms with E-state index >= 15 is 0 Å². The Bertz CT molecular complexity index is 976. The summed E-state index contributed by atoms with van der Waals surface area (Å²) in [5, 5.41) is 8.97. The molecule has 1 amide bonds. The summed E-state index contributed by atoms with van der Waals surface area (Å²) in [7, 11) is -3.70. The molecule has 0 bridgehead atoms. The summed E-state index contributed by atoms with van der Waals surface area (Å²) in [6, 6.07) is 13.9. The molecule has 0 saturated carbocycles. The van der Waals surface area contributed by atoms with Gasteiger partial charge in [-0.2, -0.15) is 0 Å². The smallest absolute Gasteiger partial charge is 0.238 e. The molecule has 7 heteroatoms. The van der Waals surface area contributed by atoms with Crippen LogP contribution in [0, 0.1) is 0 Å². The third kappa shape index (κ3) is 3.81. The van der Waals surface area contributed by atoms with E-state index in [1.807, 2.05) is 30.5 Å². The number of fused-ring (bicyclic) bond motifs is 1. The summed E-state index contributed by atoms with van der Waals surface area (Å²) in [6.07, 6.45) is 2.14. The molecule has 0 fully saturated rings. The molecule has 0 spiro atoms. The van der Waals surface area contributed by atoms with Crippen LogP contribution in [0.15, 0.2) is 59.6 Å². The van der Waals surface area contributed by atoms with Gasteiger partial charge in [0.05, 0.1) is 11.3 Å². The van der Waals surface area contributed by atoms with Gasteiger partial charge in [0.2, 0.25) is 15.9 Å². The fourth-order valence-corrected chi connectivity index (χ4v) is 2.97. The first-order valence-electron chi connectivity index (χ1n) is 7.36. The molecule has 24 heavy (non-hydrogen) atoms. The number of H-pyrrole nitrogens is 1. The lowest BCUT2D eigenvalue weighted by molar-refractivity contribution is -0.120. The first-order valence-corrected chi connectivity index (χ1v) is 8.91. The quantitative estimate of drug-likeness (QED) is 0.656. The maximum atomic E-state index is 12.0. The van der Waals surface area contributed by atoms with Crippen LogP contribution < -0.4 is 10.5 Å². The van der Waals surface area contributed by atoms with Crippen molar-refractivity contribution in [3.8, 4) is 0 Å². The fourth-order valence-electron chi connectivity index (χ4n) is 2.45. The van der Waals surface area contributed by atoms with Gasteiger partial charge in [-0.1, -0.05) is 24.3 Å². The molecule has 3 aromatic rings. The van der Waals surface area contributed by atoms with E-state index in [1.54, 1.807) is 12.1 Å². The first kappa shape index (κ1) is 16.2. The van der Waals surface area contributed by atoms with Gasteiger partial charge in [0.1, 0.15) is 0 Å². The zero-order chi connectivity index (χ0) is 17.2. The number of sulfonamides is 1. The molecule has 0 atom stereocenters. The van der Waals surface area contributed by atoms with Gasteiger partial charge in [-0.25, -0.2) is 13.6 Å². The average Bonchev–Trinajstić information content (AvgIpc) is 3.00. The van der Waals surface area contributed by atoms with Crippen LogP contribution in [0.5, 0.6) is 0 Å². The van der Waals surface area contributed by atoms with Crippen molar-refractivity contribution in [2.75, 3.05) is 0 Å². The minimum absolute atomic E-state index is 0.0526. The maximum Gasteiger partial charge on any atom is 0.238 e. The molecule has 0 saturated heterocycles. The number of nitrogens with one attached hydrogen (secondary N) is 2. The van der Waals surface area contributed by atoms with E-state index in [0.29, 0.717) is 6.54 Å². The van der Waals surface area contributed by atoms with Crippen molar-refractivity contribution in [2.45, 2.75) is 17.9 Å². The molecule has 1 aromatic heterocycles. The summed E-state index contributed by atoms with van der Waals surface area (Å²) >= 11 is 0. The van der Waals surface area contributed by atoms with Gasteiger partial charge in [0.15, 0.2) is 0 Å². The zero-order valence-corrected chi connectivity index (χ0v) is 13.6. The van der Waals surface area contributed by atoms with Crippen LogP contribution in [0.25, 0.3) is 10.9 Å². The Morgan fingerprint density at radius 3 is 2.46 bits per heavy atom. The molecule has 3 rings (SSSR count). The van der Waals surface area contributed by atoms with Crippen LogP contribution in [0.1, 0.15) is 11.1 Å². The number of carbonyl (C=O) groups excluding carboxylic acids is 1. The highest BCUT2D eigenvalue weighted by molar-refractivity contribution is 7.89. The van der Waals surface area contributed by atoms with Gasteiger partial charge in [-0.05, 0) is 40.8 Å². The Balaban J connectivity index is 1.59. The number of nitrogens with two attached hydrogens (primary N) is 1. The normalized spacial score (nSPS) is 11.5. The van der Waals surface area contributed by atoms with E-state index < -0.39 is 10.0 Å². The van der Waals surface area contributed by atoms with E-state index in [9.17, 15) is 13.2 Å². The number of hydrogen-bond donors (Lipinski definition) is 3. The second kappa shape index (κ2) is 6.46. The predicted octanol–water partition coefficient (Wildman–Crippen LogP) is 1.67. The summed E-state index contributed by atoms with van der Waals surface area (Å²) < 4.78 is 22.4. The highest BCUT2D eigenvalue weighted by atomic mass is 32.2. The van der Waals surface area contributed by atoms with Crippen LogP contribution in [0.4, 0.5) is 0 Å². The predicted molar refractivity (Wildman–Crippen MR) is 91.7 cm³/mol. The van der Waals surface area contributed by atoms with Crippen molar-refractivity contribution in [1.29, 1.82) is 0 Å². The molecule has 0 unspecified atom stereocenters. The van der Waals surface area contributed by atoms with E-state index in [-0.39, 0.29) is 17.2 Å². The number of amides is 1. The Hall–Kier alpha value is -2.64. The van der Waals surface area contributed by atoms with Gasteiger partial charge in [-0.15, -0.1) is 0 Å². The highest BCUT2D eigenvalue weighted by Gasteiger charge is 2.08. The number of primary sulfonamides is 1. The molecule has 124 valence electrons. The number of aromatic nitrogens is 1. The third-order valence-electron chi connectivity index (χ3n) is 3.73. The van der Waals surface area contributed by atoms with E-state index in [4.69, 9.17) is 5.14 Å². The molecule has 0 radical (unpaired) electrons. The summed E-state index contributed by atoms with van der Waals surface area (Å²) in [5.74, 6) is -0.101. The van der Waals surface area contributed by atoms with Gasteiger partial charge in [-0.3, -0.25) is 4.79 Å². The number of aromatic amines is 1. The van der Waals surface area contributed by atoms with Gasteiger partial charge in [0, 0.05) is 18.3 Å². The fraction of sp³-hybridized carbons (Fsp3) is 0.118. The maximum absolute atomic E-state index is 12.0. The van der Waals surface area contributed by atoms with Crippen molar-refractivity contribution in [3.05, 3.63) is 65.9 Å². The molecule has 0 aliphatic rings. The molecular weight excluding hydrogens is 326 g/mol. The second-order valence-electron chi connectivity index (χ2n) is 5.54. The molecule has 0 aliphatic heterocycles. The number of benzene rings is 2. The minimum Gasteiger partial charge on any atom is -0.361 e. The van der Waals surface area contributed by atoms with E-state index in [2.05, 4.69) is 10.3 Å². The number of carbonyl (C=O) groups is 1. The largest absolute Gasteiger partial charge is 0.361 e. The Labute approximate surface area is 139 Å². The first-order chi connectivity index (χ1) is 11.4. The molecule has 6 nitrogen and oxygen atoms in total. The van der Waals surface area contributed by atoms with Crippen LogP contribution >= 0.6 is 0 Å². The topological polar surface area (TPSA) is 105 Å². The van der Waals surface area contributed by atoms with Crippen molar-refractivity contribution in [1.82, 2.24) is 10.3 Å². The van der Waals surface area contributed by atoms with Crippen LogP contribution in [-0.4, -0.2) is 19.3 Å². The molecule has 1 heterocycles. The summed E-state index contributed by atoms with van der Waals surface area (Å²) in [4.78, 5) is 15.2. The molecule has 0 aliphatic carbocycles. The van der Waals surface area contributed by atoms with Crippen molar-refractivity contribution in [3.63, 3.8) is 0 Å². The van der Waals surface area contributed by atoms with Gasteiger partial charge < -0.3 is 10.3 Å².